The third kappa shape index (κ3) is 6.17. The third-order valence-corrected chi connectivity index (χ3v) is 3.31. The van der Waals surface area contributed by atoms with E-state index in [0.717, 1.165) is 17.5 Å². The summed E-state index contributed by atoms with van der Waals surface area (Å²) in [4.78, 5) is 11.9. The normalized spacial score (nSPS) is 12.4. The Morgan fingerprint density at radius 2 is 1.85 bits per heavy atom. The minimum Gasteiger partial charge on any atom is -0.392 e. The number of carbonyl (C=O) groups excluding carboxylic acids is 1. The molecule has 1 aromatic carbocycles. The fraction of sp³-hybridized carbons (Fsp3) is 0.562. The van der Waals surface area contributed by atoms with Crippen molar-refractivity contribution in [2.24, 2.45) is 17.6 Å². The zero-order valence-corrected chi connectivity index (χ0v) is 12.4. The predicted molar refractivity (Wildman–Crippen MR) is 80.8 cm³/mol. The van der Waals surface area contributed by atoms with E-state index in [1.165, 1.54) is 0 Å². The molecular formula is C16H26N2O2. The molecule has 0 radical (unpaired) electrons. The van der Waals surface area contributed by atoms with Gasteiger partial charge >= 0.3 is 0 Å². The van der Waals surface area contributed by atoms with Gasteiger partial charge in [0.2, 0.25) is 5.91 Å². The standard InChI is InChI=1S/C16H26N2O2/c1-12(2)7-15(9-17)8-16(20)18-10-13-3-5-14(11-19)6-4-13/h3-6,12,15,19H,7-11,17H2,1-2H3,(H,18,20)/t15-/m0/s1. The minimum absolute atomic E-state index is 0.0417. The minimum atomic E-state index is 0.0417. The maximum absolute atomic E-state index is 11.9. The number of carbonyl (C=O) groups is 1. The Kier molecular flexibility index (Phi) is 7.26. The number of rotatable bonds is 8. The molecule has 4 N–H and O–H groups in total. The van der Waals surface area contributed by atoms with Crippen LogP contribution in [0.1, 0.15) is 37.8 Å². The maximum Gasteiger partial charge on any atom is 0.220 e. The van der Waals surface area contributed by atoms with E-state index < -0.39 is 0 Å². The predicted octanol–water partition coefficient (Wildman–Crippen LogP) is 1.81. The average Bonchev–Trinajstić information content (AvgIpc) is 2.44. The van der Waals surface area contributed by atoms with Gasteiger partial charge in [0.05, 0.1) is 6.61 Å². The van der Waals surface area contributed by atoms with Gasteiger partial charge in [0, 0.05) is 13.0 Å². The number of amides is 1. The van der Waals surface area contributed by atoms with Crippen molar-refractivity contribution in [1.82, 2.24) is 5.32 Å². The summed E-state index contributed by atoms with van der Waals surface area (Å²) >= 11 is 0. The van der Waals surface area contributed by atoms with Crippen molar-refractivity contribution < 1.29 is 9.90 Å². The first kappa shape index (κ1) is 16.7. The first-order valence-electron chi connectivity index (χ1n) is 7.20. The van der Waals surface area contributed by atoms with Crippen LogP contribution in [0.4, 0.5) is 0 Å². The van der Waals surface area contributed by atoms with Crippen molar-refractivity contribution in [1.29, 1.82) is 0 Å². The lowest BCUT2D eigenvalue weighted by Crippen LogP contribution is -2.28. The van der Waals surface area contributed by atoms with E-state index in [2.05, 4.69) is 19.2 Å². The molecule has 112 valence electrons. The summed E-state index contributed by atoms with van der Waals surface area (Å²) in [5.74, 6) is 0.862. The highest BCUT2D eigenvalue weighted by Crippen LogP contribution is 2.14. The fourth-order valence-electron chi connectivity index (χ4n) is 2.23. The topological polar surface area (TPSA) is 75.4 Å². The van der Waals surface area contributed by atoms with Gasteiger partial charge < -0.3 is 16.2 Å². The molecular weight excluding hydrogens is 252 g/mol. The van der Waals surface area contributed by atoms with Crippen molar-refractivity contribution >= 4 is 5.91 Å². The maximum atomic E-state index is 11.9. The number of benzene rings is 1. The molecule has 0 saturated heterocycles. The van der Waals surface area contributed by atoms with Gasteiger partial charge in [-0.1, -0.05) is 38.1 Å². The average molecular weight is 278 g/mol. The SMILES string of the molecule is CC(C)C[C@H](CN)CC(=O)NCc1ccc(CO)cc1. The van der Waals surface area contributed by atoms with Crippen LogP contribution in [0.25, 0.3) is 0 Å². The van der Waals surface area contributed by atoms with Crippen LogP contribution < -0.4 is 11.1 Å². The second-order valence-electron chi connectivity index (χ2n) is 5.69. The van der Waals surface area contributed by atoms with E-state index in [9.17, 15) is 4.79 Å². The first-order valence-corrected chi connectivity index (χ1v) is 7.20. The van der Waals surface area contributed by atoms with E-state index in [4.69, 9.17) is 10.8 Å². The Labute approximate surface area is 121 Å². The summed E-state index contributed by atoms with van der Waals surface area (Å²) in [6, 6.07) is 7.56. The summed E-state index contributed by atoms with van der Waals surface area (Å²) in [6.45, 7) is 5.40. The molecule has 0 heterocycles. The number of hydrogen-bond donors (Lipinski definition) is 3. The highest BCUT2D eigenvalue weighted by molar-refractivity contribution is 5.76. The molecule has 0 aliphatic carbocycles. The summed E-state index contributed by atoms with van der Waals surface area (Å²) < 4.78 is 0. The van der Waals surface area contributed by atoms with Crippen molar-refractivity contribution in [3.63, 3.8) is 0 Å². The number of nitrogens with two attached hydrogens (primary N) is 1. The molecule has 1 amide bonds. The van der Waals surface area contributed by atoms with Crippen LogP contribution in [-0.4, -0.2) is 17.6 Å². The van der Waals surface area contributed by atoms with E-state index in [1.54, 1.807) is 0 Å². The van der Waals surface area contributed by atoms with Gasteiger partial charge in [-0.3, -0.25) is 4.79 Å². The van der Waals surface area contributed by atoms with Crippen LogP contribution in [0.15, 0.2) is 24.3 Å². The lowest BCUT2D eigenvalue weighted by Gasteiger charge is -2.16. The largest absolute Gasteiger partial charge is 0.392 e. The molecule has 1 aromatic rings. The lowest BCUT2D eigenvalue weighted by molar-refractivity contribution is -0.122. The molecule has 1 atom stereocenters. The summed E-state index contributed by atoms with van der Waals surface area (Å²) in [5, 5.41) is 11.9. The molecule has 20 heavy (non-hydrogen) atoms. The first-order chi connectivity index (χ1) is 9.55. The molecule has 0 aromatic heterocycles. The Balaban J connectivity index is 2.37. The van der Waals surface area contributed by atoms with Gasteiger partial charge in [-0.2, -0.15) is 0 Å². The third-order valence-electron chi connectivity index (χ3n) is 3.31. The molecule has 1 rings (SSSR count). The highest BCUT2D eigenvalue weighted by Gasteiger charge is 2.13. The van der Waals surface area contributed by atoms with Crippen LogP contribution in [0.5, 0.6) is 0 Å². The van der Waals surface area contributed by atoms with Crippen LogP contribution in [0, 0.1) is 11.8 Å². The second kappa shape index (κ2) is 8.72. The van der Waals surface area contributed by atoms with Gasteiger partial charge in [-0.05, 0) is 35.9 Å². The molecule has 0 aliphatic heterocycles. The second-order valence-corrected chi connectivity index (χ2v) is 5.69. The van der Waals surface area contributed by atoms with Gasteiger partial charge in [0.15, 0.2) is 0 Å². The Morgan fingerprint density at radius 3 is 2.35 bits per heavy atom. The van der Waals surface area contributed by atoms with Gasteiger partial charge in [0.1, 0.15) is 0 Å². The molecule has 0 aliphatic rings. The number of hydrogen-bond acceptors (Lipinski definition) is 3. The number of nitrogens with one attached hydrogen (secondary N) is 1. The number of aliphatic hydroxyl groups is 1. The smallest absolute Gasteiger partial charge is 0.220 e. The zero-order valence-electron chi connectivity index (χ0n) is 12.4. The molecule has 0 spiro atoms. The van der Waals surface area contributed by atoms with Gasteiger partial charge in [0.25, 0.3) is 0 Å². The van der Waals surface area contributed by atoms with Gasteiger partial charge in [-0.25, -0.2) is 0 Å². The molecule has 4 nitrogen and oxygen atoms in total. The van der Waals surface area contributed by atoms with Crippen molar-refractivity contribution in [2.45, 2.75) is 39.8 Å². The molecule has 0 unspecified atom stereocenters. The quantitative estimate of drug-likeness (QED) is 0.679. The Morgan fingerprint density at radius 1 is 1.25 bits per heavy atom. The molecule has 0 fully saturated rings. The van der Waals surface area contributed by atoms with E-state index in [1.807, 2.05) is 24.3 Å². The van der Waals surface area contributed by atoms with Crippen LogP contribution >= 0.6 is 0 Å². The van der Waals surface area contributed by atoms with E-state index in [-0.39, 0.29) is 18.4 Å². The molecule has 0 bridgehead atoms. The van der Waals surface area contributed by atoms with Crippen molar-refractivity contribution in [3.05, 3.63) is 35.4 Å². The summed E-state index contributed by atoms with van der Waals surface area (Å²) in [6.07, 6.45) is 1.47. The monoisotopic (exact) mass is 278 g/mol. The zero-order chi connectivity index (χ0) is 15.0. The summed E-state index contributed by atoms with van der Waals surface area (Å²) in [7, 11) is 0. The highest BCUT2D eigenvalue weighted by atomic mass is 16.3. The van der Waals surface area contributed by atoms with Gasteiger partial charge in [-0.15, -0.1) is 0 Å². The molecule has 4 heteroatoms. The van der Waals surface area contributed by atoms with Crippen LogP contribution in [0.3, 0.4) is 0 Å². The summed E-state index contributed by atoms with van der Waals surface area (Å²) in [5.41, 5.74) is 7.61. The van der Waals surface area contributed by atoms with Crippen molar-refractivity contribution in [3.8, 4) is 0 Å². The van der Waals surface area contributed by atoms with E-state index in [0.29, 0.717) is 25.4 Å². The van der Waals surface area contributed by atoms with Crippen LogP contribution in [-0.2, 0) is 17.9 Å². The fourth-order valence-corrected chi connectivity index (χ4v) is 2.23. The van der Waals surface area contributed by atoms with Crippen molar-refractivity contribution in [2.75, 3.05) is 6.54 Å². The Hall–Kier alpha value is -1.39. The molecule has 0 saturated carbocycles. The lowest BCUT2D eigenvalue weighted by atomic mass is 9.94. The Bertz CT molecular complexity index is 401. The van der Waals surface area contributed by atoms with Crippen LogP contribution in [0.2, 0.25) is 0 Å². The van der Waals surface area contributed by atoms with E-state index >= 15 is 0 Å². The number of aliphatic hydroxyl groups excluding tert-OH is 1.